The molecule has 168 valence electrons. The fourth-order valence-electron chi connectivity index (χ4n) is 3.08. The van der Waals surface area contributed by atoms with E-state index >= 15 is 0 Å². The van der Waals surface area contributed by atoms with Crippen LogP contribution in [-0.2, 0) is 16.0 Å². The van der Waals surface area contributed by atoms with Gasteiger partial charge in [-0.15, -0.1) is 0 Å². The molecule has 0 aliphatic heterocycles. The second-order valence-corrected chi connectivity index (χ2v) is 8.94. The van der Waals surface area contributed by atoms with Crippen LogP contribution in [-0.4, -0.2) is 43.1 Å². The number of nitrogens with zero attached hydrogens (tertiary/aromatic N) is 3. The van der Waals surface area contributed by atoms with E-state index in [0.717, 1.165) is 4.47 Å². The van der Waals surface area contributed by atoms with E-state index in [0.29, 0.717) is 22.6 Å². The van der Waals surface area contributed by atoms with Gasteiger partial charge in [0.25, 0.3) is 5.69 Å². The molecule has 2 N–H and O–H groups in total. The number of amides is 1. The molecule has 0 bridgehead atoms. The number of carboxylic acids is 1. The van der Waals surface area contributed by atoms with Gasteiger partial charge in [-0.2, -0.15) is 0 Å². The highest BCUT2D eigenvalue weighted by molar-refractivity contribution is 9.10. The second kappa shape index (κ2) is 8.95. The summed E-state index contributed by atoms with van der Waals surface area (Å²) < 4.78 is 7.64. The van der Waals surface area contributed by atoms with Gasteiger partial charge in [-0.25, -0.2) is 14.6 Å². The minimum Gasteiger partial charge on any atom is -0.480 e. The van der Waals surface area contributed by atoms with Crippen molar-refractivity contribution in [2.75, 3.05) is 0 Å². The Kier molecular flexibility index (Phi) is 6.49. The van der Waals surface area contributed by atoms with Gasteiger partial charge < -0.3 is 19.6 Å². The Morgan fingerprint density at radius 3 is 2.47 bits per heavy atom. The van der Waals surface area contributed by atoms with Crippen LogP contribution < -0.4 is 5.32 Å². The number of fused-ring (bicyclic) bond motifs is 1. The number of nitrogens with one attached hydrogen (secondary N) is 1. The topological polar surface area (TPSA) is 136 Å². The lowest BCUT2D eigenvalue weighted by atomic mass is 10.0. The predicted octanol–water partition coefficient (Wildman–Crippen LogP) is 4.19. The fraction of sp³-hybridized carbons (Fsp3) is 0.286. The van der Waals surface area contributed by atoms with Crippen molar-refractivity contribution in [2.45, 2.75) is 38.8 Å². The van der Waals surface area contributed by atoms with Crippen LogP contribution in [0.25, 0.3) is 16.9 Å². The molecule has 3 rings (SSSR count). The van der Waals surface area contributed by atoms with E-state index in [9.17, 15) is 24.8 Å². The highest BCUT2D eigenvalue weighted by atomic mass is 79.9. The molecule has 11 heteroatoms. The summed E-state index contributed by atoms with van der Waals surface area (Å²) in [5.41, 5.74) is 1.24. The molecule has 0 spiro atoms. The number of nitro groups is 1. The first-order chi connectivity index (χ1) is 14.9. The quantitative estimate of drug-likeness (QED) is 0.379. The van der Waals surface area contributed by atoms with E-state index in [-0.39, 0.29) is 12.1 Å². The summed E-state index contributed by atoms with van der Waals surface area (Å²) in [6.45, 7) is 5.03. The number of carbonyl (C=O) groups excluding carboxylic acids is 1. The van der Waals surface area contributed by atoms with Crippen molar-refractivity contribution in [3.63, 3.8) is 0 Å². The lowest BCUT2D eigenvalue weighted by molar-refractivity contribution is -0.384. The van der Waals surface area contributed by atoms with Crippen LogP contribution in [0.15, 0.2) is 47.1 Å². The van der Waals surface area contributed by atoms with Gasteiger partial charge >= 0.3 is 12.1 Å². The average molecular weight is 505 g/mol. The largest absolute Gasteiger partial charge is 0.480 e. The van der Waals surface area contributed by atoms with Gasteiger partial charge in [0.15, 0.2) is 0 Å². The van der Waals surface area contributed by atoms with E-state index in [1.165, 1.54) is 12.1 Å². The summed E-state index contributed by atoms with van der Waals surface area (Å²) in [4.78, 5) is 39.2. The van der Waals surface area contributed by atoms with Crippen LogP contribution in [0.5, 0.6) is 0 Å². The van der Waals surface area contributed by atoms with Crippen LogP contribution in [0.3, 0.4) is 0 Å². The number of nitro benzene ring substituents is 1. The van der Waals surface area contributed by atoms with Crippen LogP contribution in [0.2, 0.25) is 0 Å². The molecule has 32 heavy (non-hydrogen) atoms. The molecule has 1 unspecified atom stereocenters. The third kappa shape index (κ3) is 5.41. The number of imidazole rings is 1. The highest BCUT2D eigenvalue weighted by Gasteiger charge is 2.27. The minimum absolute atomic E-state index is 0.0724. The minimum atomic E-state index is -1.29. The molecule has 1 aromatic carbocycles. The van der Waals surface area contributed by atoms with Crippen LogP contribution in [0.4, 0.5) is 10.5 Å². The molecule has 0 aliphatic rings. The Morgan fingerprint density at radius 2 is 1.91 bits per heavy atom. The molecular formula is C21H21BrN4O6. The molecule has 0 aliphatic carbocycles. The van der Waals surface area contributed by atoms with Crippen molar-refractivity contribution < 1.29 is 24.4 Å². The molecule has 1 atom stereocenters. The second-order valence-electron chi connectivity index (χ2n) is 8.03. The number of benzene rings is 1. The third-order valence-electron chi connectivity index (χ3n) is 4.42. The summed E-state index contributed by atoms with van der Waals surface area (Å²) in [6.07, 6.45) is 0.786. The van der Waals surface area contributed by atoms with Gasteiger partial charge in [0.05, 0.1) is 16.3 Å². The molecule has 0 saturated carbocycles. The number of carbonyl (C=O) groups is 2. The zero-order valence-corrected chi connectivity index (χ0v) is 19.1. The summed E-state index contributed by atoms with van der Waals surface area (Å²) >= 11 is 3.40. The first-order valence-corrected chi connectivity index (χ1v) is 10.4. The zero-order valence-electron chi connectivity index (χ0n) is 17.5. The molecule has 2 aromatic heterocycles. The standard InChI is InChI=1S/C21H21BrN4O6/c1-21(2,3)32-20(29)23-15(19(27)28)10-16-18(12-4-7-14(8-5-12)26(30)31)24-17-9-6-13(22)11-25(16)17/h4-9,11,15H,10H2,1-3H3,(H,23,29)(H,27,28). The number of aliphatic carboxylic acids is 1. The van der Waals surface area contributed by atoms with Crippen molar-refractivity contribution in [2.24, 2.45) is 0 Å². The molecule has 0 saturated heterocycles. The van der Waals surface area contributed by atoms with Crippen molar-refractivity contribution in [3.05, 3.63) is 62.9 Å². The number of aromatic nitrogens is 2. The predicted molar refractivity (Wildman–Crippen MR) is 119 cm³/mol. The maximum atomic E-state index is 12.2. The van der Waals surface area contributed by atoms with Gasteiger partial charge in [0.1, 0.15) is 17.3 Å². The molecule has 0 radical (unpaired) electrons. The summed E-state index contributed by atoms with van der Waals surface area (Å²) in [5, 5.41) is 23.1. The molecule has 10 nitrogen and oxygen atoms in total. The van der Waals surface area contributed by atoms with Crippen molar-refractivity contribution >= 4 is 39.3 Å². The summed E-state index contributed by atoms with van der Waals surface area (Å²) in [7, 11) is 0. The Hall–Kier alpha value is -3.47. The smallest absolute Gasteiger partial charge is 0.408 e. The number of alkyl carbamates (subject to hydrolysis) is 1. The summed E-state index contributed by atoms with van der Waals surface area (Å²) in [6, 6.07) is 8.06. The van der Waals surface area contributed by atoms with Crippen LogP contribution in [0, 0.1) is 10.1 Å². The van der Waals surface area contributed by atoms with E-state index in [1.807, 2.05) is 0 Å². The molecule has 0 fully saturated rings. The number of pyridine rings is 1. The molecule has 3 aromatic rings. The number of rotatable bonds is 6. The van der Waals surface area contributed by atoms with Gasteiger partial charge in [-0.3, -0.25) is 10.1 Å². The molecular weight excluding hydrogens is 484 g/mol. The summed E-state index contributed by atoms with van der Waals surface area (Å²) in [5.74, 6) is -1.24. The Labute approximate surface area is 191 Å². The number of hydrogen-bond donors (Lipinski definition) is 2. The van der Waals surface area contributed by atoms with E-state index < -0.39 is 28.6 Å². The Bertz CT molecular complexity index is 1180. The number of halogens is 1. The van der Waals surface area contributed by atoms with Crippen LogP contribution >= 0.6 is 15.9 Å². The monoisotopic (exact) mass is 504 g/mol. The first-order valence-electron chi connectivity index (χ1n) is 9.58. The maximum absolute atomic E-state index is 12.2. The highest BCUT2D eigenvalue weighted by Crippen LogP contribution is 2.28. The van der Waals surface area contributed by atoms with Crippen molar-refractivity contribution in [1.29, 1.82) is 0 Å². The number of ether oxygens (including phenoxy) is 1. The normalized spacial score (nSPS) is 12.4. The lowest BCUT2D eigenvalue weighted by Gasteiger charge is -2.22. The molecule has 2 heterocycles. The average Bonchev–Trinajstić information content (AvgIpc) is 3.03. The van der Waals surface area contributed by atoms with Gasteiger partial charge in [-0.1, -0.05) is 0 Å². The lowest BCUT2D eigenvalue weighted by Crippen LogP contribution is -2.44. The number of carboxylic acid groups (broad SMARTS) is 1. The van der Waals surface area contributed by atoms with Gasteiger partial charge in [0.2, 0.25) is 0 Å². The number of hydrogen-bond acceptors (Lipinski definition) is 6. The van der Waals surface area contributed by atoms with E-state index in [2.05, 4.69) is 26.2 Å². The zero-order chi connectivity index (χ0) is 23.6. The van der Waals surface area contributed by atoms with Gasteiger partial charge in [-0.05, 0) is 61.0 Å². The molecule has 1 amide bonds. The fourth-order valence-corrected chi connectivity index (χ4v) is 3.41. The first kappa shape index (κ1) is 23.2. The maximum Gasteiger partial charge on any atom is 0.408 e. The Balaban J connectivity index is 2.03. The van der Waals surface area contributed by atoms with E-state index in [4.69, 9.17) is 4.74 Å². The SMILES string of the molecule is CC(C)(C)OC(=O)NC(Cc1c(-c2ccc([N+](=O)[O-])cc2)nc2ccc(Br)cn12)C(=O)O. The third-order valence-corrected chi connectivity index (χ3v) is 4.89. The van der Waals surface area contributed by atoms with Crippen LogP contribution in [0.1, 0.15) is 26.5 Å². The van der Waals surface area contributed by atoms with E-state index in [1.54, 1.807) is 55.6 Å². The van der Waals surface area contributed by atoms with Crippen molar-refractivity contribution in [3.8, 4) is 11.3 Å². The van der Waals surface area contributed by atoms with Crippen molar-refractivity contribution in [1.82, 2.24) is 14.7 Å². The Morgan fingerprint density at radius 1 is 1.25 bits per heavy atom. The number of non-ortho nitro benzene ring substituents is 1. The van der Waals surface area contributed by atoms with Gasteiger partial charge in [0, 0.05) is 34.8 Å².